The van der Waals surface area contributed by atoms with E-state index in [0.717, 1.165) is 36.0 Å². The molecule has 0 radical (unpaired) electrons. The molecule has 0 heterocycles. The molecule has 0 saturated heterocycles. The third kappa shape index (κ3) is 5.54. The van der Waals surface area contributed by atoms with Crippen molar-refractivity contribution >= 4 is 12.1 Å². The second-order valence-electron chi connectivity index (χ2n) is 6.08. The number of nitrogens with zero attached hydrogens (tertiary/aromatic N) is 1. The van der Waals surface area contributed by atoms with Crippen molar-refractivity contribution in [2.24, 2.45) is 5.92 Å². The summed E-state index contributed by atoms with van der Waals surface area (Å²) in [6, 6.07) is 17.7. The molecular formula is C21H26N2O2. The van der Waals surface area contributed by atoms with Crippen LogP contribution < -0.4 is 0 Å². The lowest BCUT2D eigenvalue weighted by Crippen LogP contribution is -2.33. The van der Waals surface area contributed by atoms with Crippen LogP contribution in [0.1, 0.15) is 36.5 Å². The van der Waals surface area contributed by atoms with Crippen molar-refractivity contribution in [3.05, 3.63) is 71.3 Å². The van der Waals surface area contributed by atoms with Crippen LogP contribution in [0.2, 0.25) is 0 Å². The number of benzene rings is 2. The van der Waals surface area contributed by atoms with Crippen LogP contribution in [0.25, 0.3) is 0 Å². The first kappa shape index (κ1) is 18.9. The van der Waals surface area contributed by atoms with Gasteiger partial charge in [-0.25, -0.2) is 5.06 Å². The van der Waals surface area contributed by atoms with Gasteiger partial charge in [0.25, 0.3) is 0 Å². The first-order valence-corrected chi connectivity index (χ1v) is 8.68. The van der Waals surface area contributed by atoms with Gasteiger partial charge in [0.05, 0.1) is 0 Å². The van der Waals surface area contributed by atoms with E-state index in [2.05, 4.69) is 0 Å². The first-order chi connectivity index (χ1) is 12.2. The van der Waals surface area contributed by atoms with Gasteiger partial charge < -0.3 is 5.41 Å². The number of rotatable bonds is 9. The zero-order valence-electron chi connectivity index (χ0n) is 14.9. The van der Waals surface area contributed by atoms with Crippen molar-refractivity contribution in [1.82, 2.24) is 5.06 Å². The maximum Gasteiger partial charge on any atom is 0.248 e. The fourth-order valence-electron chi connectivity index (χ4n) is 2.80. The molecule has 2 rings (SSSR count). The summed E-state index contributed by atoms with van der Waals surface area (Å²) in [7, 11) is 1.68. The lowest BCUT2D eigenvalue weighted by molar-refractivity contribution is -0.187. The number of aryl methyl sites for hydroxylation is 1. The number of hydrogen-bond donors (Lipinski definition) is 1. The fourth-order valence-corrected chi connectivity index (χ4v) is 2.80. The van der Waals surface area contributed by atoms with E-state index in [0.29, 0.717) is 6.61 Å². The monoisotopic (exact) mass is 338 g/mol. The molecule has 1 amide bonds. The number of carbonyl (C=O) groups excluding carboxylic acids is 1. The largest absolute Gasteiger partial charge is 0.308 e. The number of hydroxylamine groups is 2. The molecule has 0 bridgehead atoms. The van der Waals surface area contributed by atoms with Crippen molar-refractivity contribution in [1.29, 1.82) is 5.41 Å². The van der Waals surface area contributed by atoms with Crippen molar-refractivity contribution in [3.8, 4) is 0 Å². The van der Waals surface area contributed by atoms with Gasteiger partial charge in [-0.15, -0.1) is 0 Å². The summed E-state index contributed by atoms with van der Waals surface area (Å²) in [6.07, 6.45) is 3.67. The lowest BCUT2D eigenvalue weighted by Gasteiger charge is -2.22. The Balaban J connectivity index is 1.90. The van der Waals surface area contributed by atoms with E-state index >= 15 is 0 Å². The Morgan fingerprint density at radius 1 is 1.16 bits per heavy atom. The minimum absolute atomic E-state index is 0.00534. The quantitative estimate of drug-likeness (QED) is 0.549. The van der Waals surface area contributed by atoms with Crippen LogP contribution in [-0.4, -0.2) is 24.2 Å². The average Bonchev–Trinajstić information content (AvgIpc) is 2.67. The highest BCUT2D eigenvalue weighted by Gasteiger charge is 2.21. The summed E-state index contributed by atoms with van der Waals surface area (Å²) < 4.78 is 0. The third-order valence-electron chi connectivity index (χ3n) is 4.39. The average molecular weight is 338 g/mol. The van der Waals surface area contributed by atoms with Gasteiger partial charge >= 0.3 is 0 Å². The van der Waals surface area contributed by atoms with Crippen LogP contribution in [0.4, 0.5) is 0 Å². The second-order valence-corrected chi connectivity index (χ2v) is 6.08. The van der Waals surface area contributed by atoms with E-state index in [1.54, 1.807) is 7.05 Å². The van der Waals surface area contributed by atoms with E-state index in [9.17, 15) is 4.79 Å². The van der Waals surface area contributed by atoms with Gasteiger partial charge in [-0.2, -0.15) is 0 Å². The summed E-state index contributed by atoms with van der Waals surface area (Å²) in [5, 5.41) is 8.85. The Kier molecular flexibility index (Phi) is 7.36. The highest BCUT2D eigenvalue weighted by molar-refractivity contribution is 5.79. The van der Waals surface area contributed by atoms with Gasteiger partial charge in [0.1, 0.15) is 6.61 Å². The van der Waals surface area contributed by atoms with E-state index in [-0.39, 0.29) is 11.8 Å². The van der Waals surface area contributed by atoms with Gasteiger partial charge in [-0.1, -0.05) is 61.5 Å². The molecule has 1 N–H and O–H groups in total. The van der Waals surface area contributed by atoms with Crippen molar-refractivity contribution < 1.29 is 9.63 Å². The van der Waals surface area contributed by atoms with Crippen LogP contribution in [-0.2, 0) is 22.7 Å². The smallest absolute Gasteiger partial charge is 0.248 e. The molecule has 4 nitrogen and oxygen atoms in total. The molecular weight excluding hydrogens is 312 g/mol. The minimum Gasteiger partial charge on any atom is -0.308 e. The highest BCUT2D eigenvalue weighted by Crippen LogP contribution is 2.18. The summed E-state index contributed by atoms with van der Waals surface area (Å²) in [5.74, 6) is -0.0784. The van der Waals surface area contributed by atoms with Gasteiger partial charge in [-0.3, -0.25) is 9.63 Å². The number of amides is 1. The maximum absolute atomic E-state index is 12.6. The predicted molar refractivity (Wildman–Crippen MR) is 100 cm³/mol. The Hall–Kier alpha value is -2.46. The molecule has 0 spiro atoms. The molecule has 25 heavy (non-hydrogen) atoms. The van der Waals surface area contributed by atoms with Crippen molar-refractivity contribution in [2.75, 3.05) is 7.05 Å². The van der Waals surface area contributed by atoms with E-state index < -0.39 is 0 Å². The van der Waals surface area contributed by atoms with Crippen LogP contribution in [0, 0.1) is 11.3 Å². The molecule has 1 unspecified atom stereocenters. The Morgan fingerprint density at radius 2 is 1.84 bits per heavy atom. The standard InChI is InChI=1S/C21H26N2O2/c1-3-18(13-14-19-11-7-8-12-20(19)15-22)21(24)23(2)25-16-17-9-5-4-6-10-17/h4-12,15,18,22H,3,13-14,16H2,1-2H3. The maximum atomic E-state index is 12.6. The summed E-state index contributed by atoms with van der Waals surface area (Å²) >= 11 is 0. The number of hydrogen-bond acceptors (Lipinski definition) is 3. The Labute approximate surface area is 149 Å². The third-order valence-corrected chi connectivity index (χ3v) is 4.39. The lowest BCUT2D eigenvalue weighted by atomic mass is 9.94. The molecule has 0 aliphatic heterocycles. The molecule has 0 aromatic heterocycles. The van der Waals surface area contributed by atoms with E-state index in [4.69, 9.17) is 10.2 Å². The van der Waals surface area contributed by atoms with E-state index in [1.807, 2.05) is 61.5 Å². The minimum atomic E-state index is -0.0837. The first-order valence-electron chi connectivity index (χ1n) is 8.68. The number of carbonyl (C=O) groups is 1. The Bertz CT molecular complexity index is 685. The van der Waals surface area contributed by atoms with Crippen LogP contribution >= 0.6 is 0 Å². The number of nitrogens with one attached hydrogen (secondary N) is 1. The molecule has 132 valence electrons. The zero-order chi connectivity index (χ0) is 18.1. The molecule has 2 aromatic rings. The topological polar surface area (TPSA) is 53.4 Å². The summed E-state index contributed by atoms with van der Waals surface area (Å²) in [6.45, 7) is 2.41. The molecule has 0 fully saturated rings. The molecule has 2 aromatic carbocycles. The molecule has 0 aliphatic rings. The summed E-state index contributed by atoms with van der Waals surface area (Å²) in [4.78, 5) is 18.2. The van der Waals surface area contributed by atoms with Crippen molar-refractivity contribution in [2.45, 2.75) is 32.8 Å². The normalized spacial score (nSPS) is 11.8. The zero-order valence-corrected chi connectivity index (χ0v) is 14.9. The molecule has 0 aliphatic carbocycles. The van der Waals surface area contributed by atoms with Crippen LogP contribution in [0.5, 0.6) is 0 Å². The van der Waals surface area contributed by atoms with Gasteiger partial charge in [-0.05, 0) is 36.0 Å². The van der Waals surface area contributed by atoms with Crippen molar-refractivity contribution in [3.63, 3.8) is 0 Å². The van der Waals surface area contributed by atoms with Gasteiger partial charge in [0, 0.05) is 19.2 Å². The second kappa shape index (κ2) is 9.74. The highest BCUT2D eigenvalue weighted by atomic mass is 16.7. The van der Waals surface area contributed by atoms with Gasteiger partial charge in [0.15, 0.2) is 0 Å². The molecule has 1 atom stereocenters. The molecule has 0 saturated carbocycles. The predicted octanol–water partition coefficient (Wildman–Crippen LogP) is 4.23. The summed E-state index contributed by atoms with van der Waals surface area (Å²) in [5.41, 5.74) is 3.06. The van der Waals surface area contributed by atoms with Crippen LogP contribution in [0.15, 0.2) is 54.6 Å². The fraction of sp³-hybridized carbons (Fsp3) is 0.333. The van der Waals surface area contributed by atoms with E-state index in [1.165, 1.54) is 11.3 Å². The molecule has 4 heteroatoms. The SMILES string of the molecule is CCC(CCc1ccccc1C=N)C(=O)N(C)OCc1ccccc1. The van der Waals surface area contributed by atoms with Gasteiger partial charge in [0.2, 0.25) is 5.91 Å². The van der Waals surface area contributed by atoms with Crippen LogP contribution in [0.3, 0.4) is 0 Å². The Morgan fingerprint density at radius 3 is 2.52 bits per heavy atom.